The van der Waals surface area contributed by atoms with E-state index in [1.807, 2.05) is 12.3 Å². The van der Waals surface area contributed by atoms with E-state index in [0.717, 1.165) is 25.0 Å². The van der Waals surface area contributed by atoms with Gasteiger partial charge in [-0.1, -0.05) is 43.9 Å². The zero-order valence-electron chi connectivity index (χ0n) is 14.4. The van der Waals surface area contributed by atoms with Crippen molar-refractivity contribution >= 4 is 10.9 Å². The number of pyridine rings is 1. The number of benzene rings is 1. The number of β-amino-alcohol motifs (C(OH)–C–C–N with tert-alkyl or cyclic N) is 1. The standard InChI is InChI=1S/C21H28N2O/c24-21-15-23(18-7-3-1-2-4-8-18)14-17(21)13-16-11-12-22-20-10-6-5-9-19(16)20/h5-6,9-12,17-18,21,24H,1-4,7-8,13-15H2/t17-,21-/m1/s1. The van der Waals surface area contributed by atoms with E-state index in [1.165, 1.54) is 49.5 Å². The van der Waals surface area contributed by atoms with Gasteiger partial charge in [0.25, 0.3) is 0 Å². The third-order valence-corrected chi connectivity index (χ3v) is 6.00. The van der Waals surface area contributed by atoms with Gasteiger partial charge in [-0.3, -0.25) is 9.88 Å². The fourth-order valence-corrected chi connectivity index (χ4v) is 4.62. The molecule has 4 rings (SSSR count). The first-order valence-electron chi connectivity index (χ1n) is 9.56. The van der Waals surface area contributed by atoms with Crippen molar-refractivity contribution in [1.82, 2.24) is 9.88 Å². The topological polar surface area (TPSA) is 36.4 Å². The average Bonchev–Trinajstić information content (AvgIpc) is 2.82. The second-order valence-corrected chi connectivity index (χ2v) is 7.62. The van der Waals surface area contributed by atoms with Gasteiger partial charge >= 0.3 is 0 Å². The largest absolute Gasteiger partial charge is 0.391 e. The molecule has 0 spiro atoms. The Morgan fingerprint density at radius 3 is 2.62 bits per heavy atom. The minimum absolute atomic E-state index is 0.194. The van der Waals surface area contributed by atoms with E-state index in [0.29, 0.717) is 12.0 Å². The molecule has 2 aromatic rings. The number of hydrogen-bond acceptors (Lipinski definition) is 3. The summed E-state index contributed by atoms with van der Waals surface area (Å²) in [5.41, 5.74) is 2.38. The number of rotatable bonds is 3. The third-order valence-electron chi connectivity index (χ3n) is 6.00. The second kappa shape index (κ2) is 7.20. The molecule has 128 valence electrons. The van der Waals surface area contributed by atoms with Crippen molar-refractivity contribution in [3.8, 4) is 0 Å². The van der Waals surface area contributed by atoms with E-state index in [-0.39, 0.29) is 6.10 Å². The zero-order valence-corrected chi connectivity index (χ0v) is 14.4. The lowest BCUT2D eigenvalue weighted by Crippen LogP contribution is -2.33. The molecule has 2 heterocycles. The molecule has 1 N–H and O–H groups in total. The first-order chi connectivity index (χ1) is 11.8. The van der Waals surface area contributed by atoms with Gasteiger partial charge in [-0.2, -0.15) is 0 Å². The maximum absolute atomic E-state index is 10.6. The molecule has 1 saturated carbocycles. The summed E-state index contributed by atoms with van der Waals surface area (Å²) in [6.07, 6.45) is 10.8. The van der Waals surface area contributed by atoms with Gasteiger partial charge in [-0.25, -0.2) is 0 Å². The van der Waals surface area contributed by atoms with Crippen LogP contribution in [-0.2, 0) is 6.42 Å². The van der Waals surface area contributed by atoms with Crippen LogP contribution in [0.5, 0.6) is 0 Å². The van der Waals surface area contributed by atoms with Gasteiger partial charge in [-0.15, -0.1) is 0 Å². The third kappa shape index (κ3) is 3.33. The average molecular weight is 324 g/mol. The Morgan fingerprint density at radius 2 is 1.79 bits per heavy atom. The molecule has 0 radical (unpaired) electrons. The van der Waals surface area contributed by atoms with Crippen molar-refractivity contribution in [3.05, 3.63) is 42.1 Å². The van der Waals surface area contributed by atoms with Gasteiger partial charge in [-0.05, 0) is 37.0 Å². The van der Waals surface area contributed by atoms with Crippen LogP contribution in [0.1, 0.15) is 44.1 Å². The first-order valence-corrected chi connectivity index (χ1v) is 9.56. The number of fused-ring (bicyclic) bond motifs is 1. The minimum Gasteiger partial charge on any atom is -0.391 e. The van der Waals surface area contributed by atoms with Gasteiger partial charge in [0.15, 0.2) is 0 Å². The maximum Gasteiger partial charge on any atom is 0.0710 e. The highest BCUT2D eigenvalue weighted by Crippen LogP contribution is 2.30. The fourth-order valence-electron chi connectivity index (χ4n) is 4.62. The smallest absolute Gasteiger partial charge is 0.0710 e. The molecule has 3 heteroatoms. The highest BCUT2D eigenvalue weighted by atomic mass is 16.3. The molecule has 1 aliphatic heterocycles. The zero-order chi connectivity index (χ0) is 16.4. The summed E-state index contributed by atoms with van der Waals surface area (Å²) < 4.78 is 0. The van der Waals surface area contributed by atoms with Gasteiger partial charge < -0.3 is 5.11 Å². The molecule has 3 nitrogen and oxygen atoms in total. The predicted octanol–water partition coefficient (Wildman–Crippen LogP) is 3.79. The highest BCUT2D eigenvalue weighted by Gasteiger charge is 2.35. The summed E-state index contributed by atoms with van der Waals surface area (Å²) in [5, 5.41) is 11.9. The molecular formula is C21H28N2O. The molecule has 2 atom stereocenters. The molecule has 0 bridgehead atoms. The van der Waals surface area contributed by atoms with Crippen LogP contribution in [0.2, 0.25) is 0 Å². The van der Waals surface area contributed by atoms with E-state index < -0.39 is 0 Å². The van der Waals surface area contributed by atoms with Crippen LogP contribution in [-0.4, -0.2) is 40.2 Å². The quantitative estimate of drug-likeness (QED) is 0.873. The molecule has 1 saturated heterocycles. The van der Waals surface area contributed by atoms with Gasteiger partial charge in [0.05, 0.1) is 11.6 Å². The summed E-state index contributed by atoms with van der Waals surface area (Å²) in [5.74, 6) is 0.346. The molecule has 2 fully saturated rings. The van der Waals surface area contributed by atoms with Crippen LogP contribution in [0.4, 0.5) is 0 Å². The second-order valence-electron chi connectivity index (χ2n) is 7.62. The Kier molecular flexibility index (Phi) is 4.81. The molecule has 0 unspecified atom stereocenters. The summed E-state index contributed by atoms with van der Waals surface area (Å²) in [7, 11) is 0. The summed E-state index contributed by atoms with van der Waals surface area (Å²) >= 11 is 0. The van der Waals surface area contributed by atoms with Crippen molar-refractivity contribution in [2.45, 2.75) is 57.1 Å². The summed E-state index contributed by atoms with van der Waals surface area (Å²) in [6.45, 7) is 1.90. The highest BCUT2D eigenvalue weighted by molar-refractivity contribution is 5.81. The van der Waals surface area contributed by atoms with Crippen LogP contribution in [0.25, 0.3) is 10.9 Å². The number of aliphatic hydroxyl groups excluding tert-OH is 1. The van der Waals surface area contributed by atoms with E-state index in [2.05, 4.69) is 34.1 Å². The van der Waals surface area contributed by atoms with Crippen molar-refractivity contribution in [1.29, 1.82) is 0 Å². The number of para-hydroxylation sites is 1. The Balaban J connectivity index is 1.48. The Labute approximate surface area is 144 Å². The van der Waals surface area contributed by atoms with Crippen LogP contribution >= 0.6 is 0 Å². The molecule has 2 aliphatic rings. The van der Waals surface area contributed by atoms with Crippen molar-refractivity contribution in [2.75, 3.05) is 13.1 Å². The van der Waals surface area contributed by atoms with Crippen molar-refractivity contribution < 1.29 is 5.11 Å². The monoisotopic (exact) mass is 324 g/mol. The minimum atomic E-state index is -0.194. The normalized spacial score (nSPS) is 26.7. The van der Waals surface area contributed by atoms with E-state index in [4.69, 9.17) is 0 Å². The van der Waals surface area contributed by atoms with E-state index in [9.17, 15) is 5.11 Å². The number of aliphatic hydroxyl groups is 1. The summed E-state index contributed by atoms with van der Waals surface area (Å²) in [6, 6.07) is 11.2. The van der Waals surface area contributed by atoms with E-state index in [1.54, 1.807) is 0 Å². The Bertz CT molecular complexity index is 673. The lowest BCUT2D eigenvalue weighted by Gasteiger charge is -2.26. The predicted molar refractivity (Wildman–Crippen MR) is 98.0 cm³/mol. The van der Waals surface area contributed by atoms with Crippen LogP contribution in [0.3, 0.4) is 0 Å². The molecule has 1 aliphatic carbocycles. The summed E-state index contributed by atoms with van der Waals surface area (Å²) in [4.78, 5) is 7.03. The van der Waals surface area contributed by atoms with Crippen LogP contribution in [0, 0.1) is 5.92 Å². The number of aromatic nitrogens is 1. The molecular weight excluding hydrogens is 296 g/mol. The van der Waals surface area contributed by atoms with Gasteiger partial charge in [0, 0.05) is 36.6 Å². The van der Waals surface area contributed by atoms with Crippen LogP contribution in [0.15, 0.2) is 36.5 Å². The number of likely N-dealkylation sites (tertiary alicyclic amines) is 1. The van der Waals surface area contributed by atoms with Crippen molar-refractivity contribution in [2.24, 2.45) is 5.92 Å². The Hall–Kier alpha value is -1.45. The SMILES string of the molecule is O[C@@H]1CN(C2CCCCCC2)C[C@H]1Cc1ccnc2ccccc12. The van der Waals surface area contributed by atoms with E-state index >= 15 is 0 Å². The lowest BCUT2D eigenvalue weighted by atomic mass is 9.94. The Morgan fingerprint density at radius 1 is 1.00 bits per heavy atom. The van der Waals surface area contributed by atoms with Crippen LogP contribution < -0.4 is 0 Å². The lowest BCUT2D eigenvalue weighted by molar-refractivity contribution is 0.133. The maximum atomic E-state index is 10.6. The molecule has 0 amide bonds. The fraction of sp³-hybridized carbons (Fsp3) is 0.571. The van der Waals surface area contributed by atoms with Crippen molar-refractivity contribution in [3.63, 3.8) is 0 Å². The first kappa shape index (κ1) is 16.0. The van der Waals surface area contributed by atoms with Gasteiger partial charge in [0.1, 0.15) is 0 Å². The molecule has 1 aromatic carbocycles. The van der Waals surface area contributed by atoms with Gasteiger partial charge in [0.2, 0.25) is 0 Å². The number of hydrogen-bond donors (Lipinski definition) is 1. The number of nitrogens with zero attached hydrogens (tertiary/aromatic N) is 2. The molecule has 24 heavy (non-hydrogen) atoms. The molecule has 1 aromatic heterocycles.